The zero-order valence-corrected chi connectivity index (χ0v) is 15.7. The van der Waals surface area contributed by atoms with Crippen molar-refractivity contribution >= 4 is 5.91 Å². The van der Waals surface area contributed by atoms with E-state index in [4.69, 9.17) is 4.42 Å². The predicted molar refractivity (Wildman–Crippen MR) is 106 cm³/mol. The Labute approximate surface area is 164 Å². The minimum atomic E-state index is -0.960. The third kappa shape index (κ3) is 3.85. The van der Waals surface area contributed by atoms with Gasteiger partial charge in [-0.3, -0.25) is 9.78 Å². The molecule has 5 nitrogen and oxygen atoms in total. The lowest BCUT2D eigenvalue weighted by atomic mass is 9.87. The van der Waals surface area contributed by atoms with Crippen LogP contribution in [0.2, 0.25) is 0 Å². The van der Waals surface area contributed by atoms with Crippen molar-refractivity contribution in [3.05, 3.63) is 90.1 Å². The number of hydrogen-bond donors (Lipinski definition) is 1. The van der Waals surface area contributed by atoms with Gasteiger partial charge in [-0.2, -0.15) is 0 Å². The molecular formula is C23H24N2O3. The topological polar surface area (TPSA) is 66.6 Å². The minimum Gasteiger partial charge on any atom is -0.469 e. The van der Waals surface area contributed by atoms with E-state index in [1.54, 1.807) is 12.5 Å². The highest BCUT2D eigenvalue weighted by Gasteiger charge is 2.37. The lowest BCUT2D eigenvalue weighted by Crippen LogP contribution is -2.45. The van der Waals surface area contributed by atoms with Crippen molar-refractivity contribution in [3.8, 4) is 0 Å². The maximum atomic E-state index is 13.0. The number of piperidine rings is 1. The largest absolute Gasteiger partial charge is 0.469 e. The maximum absolute atomic E-state index is 13.0. The van der Waals surface area contributed by atoms with Gasteiger partial charge >= 0.3 is 0 Å². The fourth-order valence-electron chi connectivity index (χ4n) is 3.88. The zero-order valence-electron chi connectivity index (χ0n) is 15.7. The van der Waals surface area contributed by atoms with Gasteiger partial charge in [0.25, 0.3) is 0 Å². The van der Waals surface area contributed by atoms with Gasteiger partial charge < -0.3 is 14.4 Å². The van der Waals surface area contributed by atoms with Crippen molar-refractivity contribution in [1.82, 2.24) is 9.88 Å². The lowest BCUT2D eigenvalue weighted by molar-refractivity contribution is -0.136. The highest BCUT2D eigenvalue weighted by Crippen LogP contribution is 2.33. The molecule has 1 aliphatic rings. The number of benzene rings is 1. The molecule has 3 heterocycles. The molecule has 0 unspecified atom stereocenters. The SMILES string of the molecule is O=C(C[C@@H](c1ccccc1)c1ccco1)N1CCC(O)(c2ccccn2)CC1. The number of carbonyl (C=O) groups is 1. The summed E-state index contributed by atoms with van der Waals surface area (Å²) in [6.07, 6.45) is 4.67. The summed E-state index contributed by atoms with van der Waals surface area (Å²) in [6, 6.07) is 19.3. The quantitative estimate of drug-likeness (QED) is 0.737. The summed E-state index contributed by atoms with van der Waals surface area (Å²) in [4.78, 5) is 19.2. The summed E-state index contributed by atoms with van der Waals surface area (Å²) in [5.41, 5.74) is 0.783. The number of aromatic nitrogens is 1. The molecule has 4 rings (SSSR count). The molecular weight excluding hydrogens is 352 g/mol. The van der Waals surface area contributed by atoms with Crippen LogP contribution >= 0.6 is 0 Å². The van der Waals surface area contributed by atoms with Gasteiger partial charge in [0.2, 0.25) is 5.91 Å². The molecule has 0 radical (unpaired) electrons. The molecule has 1 saturated heterocycles. The van der Waals surface area contributed by atoms with Crippen molar-refractivity contribution in [1.29, 1.82) is 0 Å². The Bertz CT molecular complexity index is 886. The Morgan fingerprint density at radius 1 is 1.07 bits per heavy atom. The van der Waals surface area contributed by atoms with Gasteiger partial charge in [0, 0.05) is 25.7 Å². The van der Waals surface area contributed by atoms with Crippen LogP contribution in [0.4, 0.5) is 0 Å². The molecule has 0 spiro atoms. The first kappa shape index (κ1) is 18.4. The van der Waals surface area contributed by atoms with E-state index in [0.717, 1.165) is 11.3 Å². The van der Waals surface area contributed by atoms with Crippen LogP contribution in [0.25, 0.3) is 0 Å². The van der Waals surface area contributed by atoms with Crippen LogP contribution in [0.3, 0.4) is 0 Å². The van der Waals surface area contributed by atoms with E-state index in [1.807, 2.05) is 65.6 Å². The van der Waals surface area contributed by atoms with Crippen LogP contribution in [0.15, 0.2) is 77.5 Å². The second-order valence-electron chi connectivity index (χ2n) is 7.31. The van der Waals surface area contributed by atoms with Gasteiger partial charge in [0.05, 0.1) is 17.9 Å². The van der Waals surface area contributed by atoms with Gasteiger partial charge in [-0.15, -0.1) is 0 Å². The summed E-state index contributed by atoms with van der Waals surface area (Å²) in [5.74, 6) is 0.759. The summed E-state index contributed by atoms with van der Waals surface area (Å²) < 4.78 is 5.61. The average molecular weight is 376 g/mol. The Balaban J connectivity index is 1.45. The Hall–Kier alpha value is -2.92. The lowest BCUT2D eigenvalue weighted by Gasteiger charge is -2.38. The average Bonchev–Trinajstić information content (AvgIpc) is 3.28. The maximum Gasteiger partial charge on any atom is 0.223 e. The van der Waals surface area contributed by atoms with E-state index < -0.39 is 5.60 Å². The molecule has 1 N–H and O–H groups in total. The van der Waals surface area contributed by atoms with E-state index >= 15 is 0 Å². The monoisotopic (exact) mass is 376 g/mol. The first-order chi connectivity index (χ1) is 13.7. The van der Waals surface area contributed by atoms with Gasteiger partial charge in [-0.25, -0.2) is 0 Å². The number of furan rings is 1. The normalized spacial score (nSPS) is 17.2. The molecule has 0 bridgehead atoms. The molecule has 1 atom stereocenters. The molecule has 1 aromatic carbocycles. The first-order valence-electron chi connectivity index (χ1n) is 9.66. The molecule has 0 aliphatic carbocycles. The number of aliphatic hydroxyl groups is 1. The van der Waals surface area contributed by atoms with Crippen molar-refractivity contribution < 1.29 is 14.3 Å². The fourth-order valence-corrected chi connectivity index (χ4v) is 3.88. The number of rotatable bonds is 5. The van der Waals surface area contributed by atoms with E-state index in [1.165, 1.54) is 0 Å². The molecule has 1 fully saturated rings. The van der Waals surface area contributed by atoms with E-state index in [-0.39, 0.29) is 11.8 Å². The van der Waals surface area contributed by atoms with E-state index in [2.05, 4.69) is 4.98 Å². The third-order valence-electron chi connectivity index (χ3n) is 5.55. The predicted octanol–water partition coefficient (Wildman–Crippen LogP) is 3.71. The second kappa shape index (κ2) is 7.98. The van der Waals surface area contributed by atoms with Crippen LogP contribution in [0.1, 0.15) is 42.2 Å². The van der Waals surface area contributed by atoms with Gasteiger partial charge in [0.15, 0.2) is 0 Å². The second-order valence-corrected chi connectivity index (χ2v) is 7.31. The summed E-state index contributed by atoms with van der Waals surface area (Å²) in [5, 5.41) is 10.9. The molecule has 144 valence electrons. The summed E-state index contributed by atoms with van der Waals surface area (Å²) >= 11 is 0. The summed E-state index contributed by atoms with van der Waals surface area (Å²) in [7, 11) is 0. The highest BCUT2D eigenvalue weighted by molar-refractivity contribution is 5.77. The van der Waals surface area contributed by atoms with Crippen LogP contribution in [0, 0.1) is 0 Å². The highest BCUT2D eigenvalue weighted by atomic mass is 16.3. The molecule has 3 aromatic rings. The number of pyridine rings is 1. The van der Waals surface area contributed by atoms with Crippen molar-refractivity contribution in [2.75, 3.05) is 13.1 Å². The Morgan fingerprint density at radius 2 is 1.82 bits per heavy atom. The third-order valence-corrected chi connectivity index (χ3v) is 5.55. The molecule has 0 saturated carbocycles. The molecule has 2 aromatic heterocycles. The summed E-state index contributed by atoms with van der Waals surface area (Å²) in [6.45, 7) is 1.04. The number of amides is 1. The first-order valence-corrected chi connectivity index (χ1v) is 9.66. The Kier molecular flexibility index (Phi) is 5.26. The standard InChI is InChI=1S/C23H24N2O3/c26-22(17-19(20-9-6-16-28-20)18-7-2-1-3-8-18)25-14-11-23(27,12-15-25)21-10-4-5-13-24-21/h1-10,13,16,19,27H,11-12,14-15,17H2/t19-/m0/s1. The molecule has 28 heavy (non-hydrogen) atoms. The van der Waals surface area contributed by atoms with Crippen molar-refractivity contribution in [3.63, 3.8) is 0 Å². The van der Waals surface area contributed by atoms with E-state index in [9.17, 15) is 9.90 Å². The van der Waals surface area contributed by atoms with Crippen molar-refractivity contribution in [2.24, 2.45) is 0 Å². The minimum absolute atomic E-state index is 0.0772. The van der Waals surface area contributed by atoms with E-state index in [0.29, 0.717) is 38.0 Å². The van der Waals surface area contributed by atoms with Crippen LogP contribution in [0.5, 0.6) is 0 Å². The van der Waals surface area contributed by atoms with Gasteiger partial charge in [-0.05, 0) is 42.7 Å². The number of carbonyl (C=O) groups excluding carboxylic acids is 1. The number of likely N-dealkylation sites (tertiary alicyclic amines) is 1. The molecule has 1 amide bonds. The smallest absolute Gasteiger partial charge is 0.223 e. The van der Waals surface area contributed by atoms with Gasteiger partial charge in [-0.1, -0.05) is 36.4 Å². The van der Waals surface area contributed by atoms with Crippen LogP contribution in [-0.4, -0.2) is 34.0 Å². The van der Waals surface area contributed by atoms with Gasteiger partial charge in [0.1, 0.15) is 11.4 Å². The van der Waals surface area contributed by atoms with Crippen molar-refractivity contribution in [2.45, 2.75) is 30.8 Å². The molecule has 5 heteroatoms. The Morgan fingerprint density at radius 3 is 2.46 bits per heavy atom. The molecule has 1 aliphatic heterocycles. The van der Waals surface area contributed by atoms with Crippen LogP contribution in [-0.2, 0) is 10.4 Å². The fraction of sp³-hybridized carbons (Fsp3) is 0.304. The van der Waals surface area contributed by atoms with Crippen LogP contribution < -0.4 is 0 Å². The zero-order chi connectivity index (χ0) is 19.4. The number of hydrogen-bond acceptors (Lipinski definition) is 4. The number of nitrogens with zero attached hydrogens (tertiary/aromatic N) is 2.